The zero-order valence-corrected chi connectivity index (χ0v) is 11.7. The van der Waals surface area contributed by atoms with Gasteiger partial charge in [0.25, 0.3) is 10.0 Å². The van der Waals surface area contributed by atoms with Crippen molar-refractivity contribution in [1.82, 2.24) is 10.2 Å². The molecule has 0 aliphatic rings. The summed E-state index contributed by atoms with van der Waals surface area (Å²) in [5.74, 6) is -1.43. The molecule has 1 aromatic carbocycles. The normalized spacial score (nSPS) is 10.9. The maximum absolute atomic E-state index is 12.1. The number of nitrogens with zero attached hydrogens (tertiary/aromatic N) is 2. The smallest absolute Gasteiger partial charge is 0.340 e. The van der Waals surface area contributed by atoms with E-state index in [1.54, 1.807) is 6.07 Å². The highest BCUT2D eigenvalue weighted by Crippen LogP contribution is 2.22. The van der Waals surface area contributed by atoms with Crippen molar-refractivity contribution in [3.05, 3.63) is 40.5 Å². The van der Waals surface area contributed by atoms with Gasteiger partial charge in [-0.2, -0.15) is 18.8 Å². The van der Waals surface area contributed by atoms with E-state index in [-0.39, 0.29) is 16.3 Å². The Labute approximate surface area is 124 Å². The first-order chi connectivity index (χ1) is 9.85. The summed E-state index contributed by atoms with van der Waals surface area (Å²) in [6, 6.07) is 5.73. The fourth-order valence-electron chi connectivity index (χ4n) is 1.51. The number of aromatic nitrogens is 2. The molecular weight excluding hydrogens is 320 g/mol. The molecule has 108 valence electrons. The zero-order chi connectivity index (χ0) is 15.6. The monoisotopic (exact) mass is 326 g/mol. The number of aromatic amines is 1. The Morgan fingerprint density at radius 2 is 2.19 bits per heavy atom. The number of carbonyl (C=O) groups is 1. The number of rotatable bonds is 4. The molecule has 0 aliphatic carbocycles. The first kappa shape index (κ1) is 14.8. The van der Waals surface area contributed by atoms with E-state index in [1.807, 2.05) is 0 Å². The van der Waals surface area contributed by atoms with Crippen LogP contribution < -0.4 is 4.72 Å². The van der Waals surface area contributed by atoms with Crippen LogP contribution in [0.25, 0.3) is 0 Å². The molecule has 0 saturated heterocycles. The van der Waals surface area contributed by atoms with Gasteiger partial charge in [0.05, 0.1) is 22.5 Å². The quantitative estimate of drug-likeness (QED) is 0.777. The maximum atomic E-state index is 12.1. The Bertz CT molecular complexity index is 853. The van der Waals surface area contributed by atoms with Gasteiger partial charge in [0.15, 0.2) is 5.03 Å². The number of nitrogens with one attached hydrogen (secondary N) is 2. The number of carboxylic acids is 1. The predicted octanol–water partition coefficient (Wildman–Crippen LogP) is 1.43. The van der Waals surface area contributed by atoms with E-state index >= 15 is 0 Å². The van der Waals surface area contributed by atoms with Gasteiger partial charge < -0.3 is 5.11 Å². The van der Waals surface area contributed by atoms with E-state index in [0.29, 0.717) is 0 Å². The molecule has 8 nitrogen and oxygen atoms in total. The summed E-state index contributed by atoms with van der Waals surface area (Å²) in [6.07, 6.45) is 0.888. The molecule has 0 fully saturated rings. The fourth-order valence-corrected chi connectivity index (χ4v) is 2.81. The molecule has 0 atom stereocenters. The molecule has 10 heteroatoms. The average molecular weight is 327 g/mol. The van der Waals surface area contributed by atoms with Crippen molar-refractivity contribution < 1.29 is 18.3 Å². The highest BCUT2D eigenvalue weighted by molar-refractivity contribution is 7.92. The van der Waals surface area contributed by atoms with Crippen molar-refractivity contribution in [2.75, 3.05) is 4.72 Å². The number of H-pyrrole nitrogens is 1. The molecule has 0 unspecified atom stereocenters. The molecule has 2 rings (SSSR count). The van der Waals surface area contributed by atoms with Crippen LogP contribution in [-0.4, -0.2) is 29.7 Å². The van der Waals surface area contributed by atoms with Gasteiger partial charge in [-0.05, 0) is 18.2 Å². The Hall–Kier alpha value is -2.57. The van der Waals surface area contributed by atoms with Crippen LogP contribution in [0.15, 0.2) is 29.4 Å². The lowest BCUT2D eigenvalue weighted by molar-refractivity contribution is 0.0692. The lowest BCUT2D eigenvalue weighted by atomic mass is 10.2. The van der Waals surface area contributed by atoms with Crippen LogP contribution in [0.4, 0.5) is 5.69 Å². The minimum atomic E-state index is -4.18. The summed E-state index contributed by atoms with van der Waals surface area (Å²) >= 11 is 5.74. The molecular formula is C11H7ClN4O4S. The first-order valence-corrected chi connectivity index (χ1v) is 7.20. The van der Waals surface area contributed by atoms with Crippen LogP contribution in [0.5, 0.6) is 0 Å². The Balaban J connectivity index is 2.41. The third-order valence-electron chi connectivity index (χ3n) is 2.44. The van der Waals surface area contributed by atoms with Crippen LogP contribution in [0.1, 0.15) is 15.9 Å². The number of halogens is 1. The maximum Gasteiger partial charge on any atom is 0.340 e. The zero-order valence-electron chi connectivity index (χ0n) is 10.2. The molecule has 21 heavy (non-hydrogen) atoms. The summed E-state index contributed by atoms with van der Waals surface area (Å²) in [4.78, 5) is 10.9. The Morgan fingerprint density at radius 3 is 2.81 bits per heavy atom. The number of sulfonamides is 1. The van der Waals surface area contributed by atoms with Crippen molar-refractivity contribution in [2.24, 2.45) is 0 Å². The van der Waals surface area contributed by atoms with E-state index in [2.05, 4.69) is 14.9 Å². The van der Waals surface area contributed by atoms with Gasteiger partial charge in [-0.15, -0.1) is 0 Å². The van der Waals surface area contributed by atoms with Crippen molar-refractivity contribution >= 4 is 33.3 Å². The molecule has 0 radical (unpaired) electrons. The van der Waals surface area contributed by atoms with Gasteiger partial charge >= 0.3 is 5.97 Å². The summed E-state index contributed by atoms with van der Waals surface area (Å²) in [5, 5.41) is 22.8. The number of carboxylic acid groups (broad SMARTS) is 1. The minimum Gasteiger partial charge on any atom is -0.478 e. The third-order valence-corrected chi connectivity index (χ3v) is 4.13. The second-order valence-electron chi connectivity index (χ2n) is 3.83. The molecule has 3 N–H and O–H groups in total. The lowest BCUT2D eigenvalue weighted by Crippen LogP contribution is -2.16. The van der Waals surface area contributed by atoms with E-state index in [4.69, 9.17) is 22.0 Å². The van der Waals surface area contributed by atoms with Crippen molar-refractivity contribution in [3.8, 4) is 6.07 Å². The van der Waals surface area contributed by atoms with Crippen LogP contribution in [0.2, 0.25) is 5.02 Å². The number of hydrogen-bond acceptors (Lipinski definition) is 5. The first-order valence-electron chi connectivity index (χ1n) is 5.34. The van der Waals surface area contributed by atoms with E-state index in [1.165, 1.54) is 18.2 Å². The number of hydrogen-bond donors (Lipinski definition) is 3. The molecule has 2 aromatic rings. The fraction of sp³-hybridized carbons (Fsp3) is 0. The number of anilines is 1. The molecule has 1 heterocycles. The molecule has 1 aromatic heterocycles. The SMILES string of the molecule is N#Cc1cc(NS(=O)(=O)c2[nH]ncc2C(=O)O)ccc1Cl. The summed E-state index contributed by atoms with van der Waals surface area (Å²) in [6.45, 7) is 0. The van der Waals surface area contributed by atoms with Gasteiger partial charge in [0.2, 0.25) is 0 Å². The van der Waals surface area contributed by atoms with Crippen LogP contribution in [0.3, 0.4) is 0 Å². The highest BCUT2D eigenvalue weighted by Gasteiger charge is 2.25. The Morgan fingerprint density at radius 1 is 1.48 bits per heavy atom. The lowest BCUT2D eigenvalue weighted by Gasteiger charge is -2.07. The number of nitriles is 1. The minimum absolute atomic E-state index is 0.0712. The molecule has 0 bridgehead atoms. The van der Waals surface area contributed by atoms with Gasteiger partial charge in [-0.1, -0.05) is 11.6 Å². The van der Waals surface area contributed by atoms with Crippen LogP contribution >= 0.6 is 11.6 Å². The van der Waals surface area contributed by atoms with Gasteiger partial charge in [0, 0.05) is 0 Å². The van der Waals surface area contributed by atoms with Crippen molar-refractivity contribution in [2.45, 2.75) is 5.03 Å². The molecule has 0 aliphatic heterocycles. The third kappa shape index (κ3) is 2.96. The van der Waals surface area contributed by atoms with Crippen molar-refractivity contribution in [1.29, 1.82) is 5.26 Å². The predicted molar refractivity (Wildman–Crippen MR) is 72.5 cm³/mol. The largest absolute Gasteiger partial charge is 0.478 e. The number of benzene rings is 1. The summed E-state index contributed by atoms with van der Waals surface area (Å²) < 4.78 is 26.4. The Kier molecular flexibility index (Phi) is 3.84. The summed E-state index contributed by atoms with van der Waals surface area (Å²) in [5.41, 5.74) is -0.334. The molecule has 0 amide bonds. The number of aromatic carboxylic acids is 1. The topological polar surface area (TPSA) is 136 Å². The van der Waals surface area contributed by atoms with Crippen molar-refractivity contribution in [3.63, 3.8) is 0 Å². The van der Waals surface area contributed by atoms with E-state index < -0.39 is 26.6 Å². The second-order valence-corrected chi connectivity index (χ2v) is 5.86. The van der Waals surface area contributed by atoms with Gasteiger partial charge in [-0.25, -0.2) is 4.79 Å². The van der Waals surface area contributed by atoms with Crippen LogP contribution in [0, 0.1) is 11.3 Å². The molecule has 0 saturated carbocycles. The van der Waals surface area contributed by atoms with E-state index in [0.717, 1.165) is 6.20 Å². The summed E-state index contributed by atoms with van der Waals surface area (Å²) in [7, 11) is -4.18. The highest BCUT2D eigenvalue weighted by atomic mass is 35.5. The standard InChI is InChI=1S/C11H7ClN4O4S/c12-9-2-1-7(3-6(9)4-13)16-21(19,20)10-8(11(17)18)5-14-15-10/h1-3,5,16H,(H,14,15)(H,17,18). The molecule has 0 spiro atoms. The average Bonchev–Trinajstić information content (AvgIpc) is 2.91. The van der Waals surface area contributed by atoms with E-state index in [9.17, 15) is 13.2 Å². The van der Waals surface area contributed by atoms with Gasteiger partial charge in [-0.3, -0.25) is 9.82 Å². The van der Waals surface area contributed by atoms with Gasteiger partial charge in [0.1, 0.15) is 11.6 Å². The van der Waals surface area contributed by atoms with Crippen LogP contribution in [-0.2, 0) is 10.0 Å². The second kappa shape index (κ2) is 5.43.